The van der Waals surface area contributed by atoms with E-state index in [-0.39, 0.29) is 6.10 Å². The van der Waals surface area contributed by atoms with Gasteiger partial charge in [0.25, 0.3) is 0 Å². The molecule has 0 saturated heterocycles. The van der Waals surface area contributed by atoms with Gasteiger partial charge in [0.1, 0.15) is 0 Å². The summed E-state index contributed by atoms with van der Waals surface area (Å²) >= 11 is 0. The summed E-state index contributed by atoms with van der Waals surface area (Å²) in [6, 6.07) is 0. The molecule has 0 aromatic rings. The van der Waals surface area contributed by atoms with E-state index in [1.54, 1.807) is 0 Å². The summed E-state index contributed by atoms with van der Waals surface area (Å²) in [6.45, 7) is 6.58. The Morgan fingerprint density at radius 3 is 1.18 bits per heavy atom. The molecule has 2 atom stereocenters. The van der Waals surface area contributed by atoms with E-state index in [4.69, 9.17) is 4.74 Å². The number of hydrogen-bond donors (Lipinski definition) is 1. The molecular weight excluding hydrogens is 408 g/mol. The molecule has 0 bridgehead atoms. The lowest BCUT2D eigenvalue weighted by Gasteiger charge is -2.19. The molecule has 0 aliphatic rings. The van der Waals surface area contributed by atoms with Gasteiger partial charge in [0.2, 0.25) is 0 Å². The zero-order valence-electron chi connectivity index (χ0n) is 22.9. The highest BCUT2D eigenvalue weighted by atomic mass is 16.5. The van der Waals surface area contributed by atoms with Crippen LogP contribution in [-0.4, -0.2) is 23.3 Å². The van der Waals surface area contributed by atoms with E-state index in [9.17, 15) is 9.90 Å². The van der Waals surface area contributed by atoms with Crippen molar-refractivity contribution in [3.8, 4) is 0 Å². The maximum Gasteiger partial charge on any atom is 0.332 e. The van der Waals surface area contributed by atoms with Crippen molar-refractivity contribution in [3.63, 3.8) is 0 Å². The second-order valence-corrected chi connectivity index (χ2v) is 10.4. The number of aliphatic carboxylic acids is 1. The number of carboxylic acids is 1. The van der Waals surface area contributed by atoms with Crippen LogP contribution in [0, 0.1) is 0 Å². The first kappa shape index (κ1) is 32.4. The Kier molecular flexibility index (Phi) is 25.6. The standard InChI is InChI=1S/C30H60O3/c1-4-6-8-10-12-14-16-17-18-20-22-24-26-28(3)33-29(30(31)32)27-25-23-21-19-15-13-11-9-7-5-2/h28-29H,4-27H2,1-3H3,(H,31,32). The smallest absolute Gasteiger partial charge is 0.332 e. The van der Waals surface area contributed by atoms with Gasteiger partial charge in [0.05, 0.1) is 6.10 Å². The Morgan fingerprint density at radius 1 is 0.545 bits per heavy atom. The summed E-state index contributed by atoms with van der Waals surface area (Å²) in [7, 11) is 0. The number of carboxylic acid groups (broad SMARTS) is 1. The molecule has 0 heterocycles. The van der Waals surface area contributed by atoms with E-state index in [0.717, 1.165) is 25.7 Å². The summed E-state index contributed by atoms with van der Waals surface area (Å²) in [5, 5.41) is 9.51. The minimum atomic E-state index is -0.785. The van der Waals surface area contributed by atoms with E-state index in [1.165, 1.54) is 122 Å². The van der Waals surface area contributed by atoms with Gasteiger partial charge < -0.3 is 9.84 Å². The van der Waals surface area contributed by atoms with E-state index < -0.39 is 12.1 Å². The normalized spacial score (nSPS) is 13.3. The van der Waals surface area contributed by atoms with Gasteiger partial charge in [-0.1, -0.05) is 155 Å². The lowest BCUT2D eigenvalue weighted by molar-refractivity contribution is -0.154. The van der Waals surface area contributed by atoms with Gasteiger partial charge in [-0.15, -0.1) is 0 Å². The molecule has 3 heteroatoms. The Balaban J connectivity index is 3.57. The fraction of sp³-hybridized carbons (Fsp3) is 0.967. The molecule has 0 aliphatic heterocycles. The second kappa shape index (κ2) is 26.0. The summed E-state index contributed by atoms with van der Waals surface area (Å²) in [5.74, 6) is -0.785. The van der Waals surface area contributed by atoms with Crippen LogP contribution in [0.25, 0.3) is 0 Å². The number of unbranched alkanes of at least 4 members (excludes halogenated alkanes) is 20. The van der Waals surface area contributed by atoms with E-state index in [2.05, 4.69) is 13.8 Å². The molecular formula is C30H60O3. The maximum absolute atomic E-state index is 11.6. The molecule has 1 N–H and O–H groups in total. The summed E-state index contributed by atoms with van der Waals surface area (Å²) < 4.78 is 5.89. The van der Waals surface area contributed by atoms with Crippen LogP contribution < -0.4 is 0 Å². The maximum atomic E-state index is 11.6. The molecule has 0 aromatic carbocycles. The molecule has 0 spiro atoms. The highest BCUT2D eigenvalue weighted by Gasteiger charge is 2.20. The first-order valence-corrected chi connectivity index (χ1v) is 15.0. The van der Waals surface area contributed by atoms with Gasteiger partial charge >= 0.3 is 5.97 Å². The molecule has 0 rings (SSSR count). The second-order valence-electron chi connectivity index (χ2n) is 10.4. The predicted octanol–water partition coefficient (Wildman–Crippen LogP) is 10.2. The van der Waals surface area contributed by atoms with Gasteiger partial charge in [-0.25, -0.2) is 4.79 Å². The third-order valence-electron chi connectivity index (χ3n) is 6.96. The number of rotatable bonds is 27. The lowest BCUT2D eigenvalue weighted by atomic mass is 10.0. The molecule has 0 radical (unpaired) electrons. The first-order chi connectivity index (χ1) is 16.1. The Hall–Kier alpha value is -0.570. The van der Waals surface area contributed by atoms with E-state index in [1.807, 2.05) is 6.92 Å². The third kappa shape index (κ3) is 24.4. The van der Waals surface area contributed by atoms with Crippen LogP contribution in [0.1, 0.15) is 175 Å². The van der Waals surface area contributed by atoms with Gasteiger partial charge in [0.15, 0.2) is 6.10 Å². The van der Waals surface area contributed by atoms with Crippen molar-refractivity contribution in [2.75, 3.05) is 0 Å². The van der Waals surface area contributed by atoms with Crippen molar-refractivity contribution >= 4 is 5.97 Å². The third-order valence-corrected chi connectivity index (χ3v) is 6.96. The van der Waals surface area contributed by atoms with Crippen LogP contribution in [0.2, 0.25) is 0 Å². The van der Waals surface area contributed by atoms with Crippen molar-refractivity contribution in [2.24, 2.45) is 0 Å². The van der Waals surface area contributed by atoms with Gasteiger partial charge in [0, 0.05) is 0 Å². The summed E-state index contributed by atoms with van der Waals surface area (Å²) in [5.41, 5.74) is 0. The quantitative estimate of drug-likeness (QED) is 0.122. The zero-order valence-corrected chi connectivity index (χ0v) is 22.9. The van der Waals surface area contributed by atoms with E-state index >= 15 is 0 Å². The monoisotopic (exact) mass is 468 g/mol. The highest BCUT2D eigenvalue weighted by Crippen LogP contribution is 2.17. The van der Waals surface area contributed by atoms with Crippen molar-refractivity contribution < 1.29 is 14.6 Å². The Bertz CT molecular complexity index is 396. The Morgan fingerprint density at radius 2 is 0.848 bits per heavy atom. The molecule has 0 saturated carbocycles. The average Bonchev–Trinajstić information content (AvgIpc) is 2.80. The summed E-state index contributed by atoms with van der Waals surface area (Å²) in [6.07, 6.45) is 30.1. The predicted molar refractivity (Wildman–Crippen MR) is 144 cm³/mol. The fourth-order valence-corrected chi connectivity index (χ4v) is 4.69. The fourth-order valence-electron chi connectivity index (χ4n) is 4.69. The molecule has 2 unspecified atom stereocenters. The highest BCUT2D eigenvalue weighted by molar-refractivity contribution is 5.72. The molecule has 33 heavy (non-hydrogen) atoms. The largest absolute Gasteiger partial charge is 0.479 e. The van der Waals surface area contributed by atoms with Crippen LogP contribution in [0.5, 0.6) is 0 Å². The SMILES string of the molecule is CCCCCCCCCCCCCCC(C)OC(CCCCCCCCCCCC)C(=O)O. The van der Waals surface area contributed by atoms with Gasteiger partial charge in [-0.3, -0.25) is 0 Å². The topological polar surface area (TPSA) is 46.5 Å². The number of ether oxygens (including phenoxy) is 1. The molecule has 0 fully saturated rings. The minimum Gasteiger partial charge on any atom is -0.479 e. The zero-order chi connectivity index (χ0) is 24.4. The first-order valence-electron chi connectivity index (χ1n) is 15.0. The van der Waals surface area contributed by atoms with Crippen LogP contribution in [0.4, 0.5) is 0 Å². The van der Waals surface area contributed by atoms with Gasteiger partial charge in [-0.05, 0) is 19.8 Å². The summed E-state index contributed by atoms with van der Waals surface area (Å²) in [4.78, 5) is 11.6. The van der Waals surface area contributed by atoms with Gasteiger partial charge in [-0.2, -0.15) is 0 Å². The average molecular weight is 469 g/mol. The van der Waals surface area contributed by atoms with Crippen molar-refractivity contribution in [2.45, 2.75) is 187 Å². The Labute approximate surface area is 207 Å². The number of carbonyl (C=O) groups is 1. The molecule has 0 aromatic heterocycles. The molecule has 0 aliphatic carbocycles. The minimum absolute atomic E-state index is 0.0531. The number of hydrogen-bond acceptors (Lipinski definition) is 2. The van der Waals surface area contributed by atoms with Crippen LogP contribution in [0.3, 0.4) is 0 Å². The van der Waals surface area contributed by atoms with Crippen molar-refractivity contribution in [1.82, 2.24) is 0 Å². The van der Waals surface area contributed by atoms with Crippen molar-refractivity contribution in [3.05, 3.63) is 0 Å². The van der Waals surface area contributed by atoms with Crippen LogP contribution in [0.15, 0.2) is 0 Å². The molecule has 198 valence electrons. The molecule has 3 nitrogen and oxygen atoms in total. The molecule has 0 amide bonds. The lowest BCUT2D eigenvalue weighted by Crippen LogP contribution is -2.28. The van der Waals surface area contributed by atoms with Crippen molar-refractivity contribution in [1.29, 1.82) is 0 Å². The van der Waals surface area contributed by atoms with Crippen LogP contribution >= 0.6 is 0 Å². The van der Waals surface area contributed by atoms with E-state index in [0.29, 0.717) is 6.42 Å². The van der Waals surface area contributed by atoms with Crippen LogP contribution in [-0.2, 0) is 9.53 Å².